The summed E-state index contributed by atoms with van der Waals surface area (Å²) in [4.78, 5) is 0. The van der Waals surface area contributed by atoms with Crippen molar-refractivity contribution < 1.29 is 9.84 Å². The first-order valence-corrected chi connectivity index (χ1v) is 6.24. The van der Waals surface area contributed by atoms with E-state index in [9.17, 15) is 5.11 Å². The van der Waals surface area contributed by atoms with Crippen molar-refractivity contribution in [3.05, 3.63) is 22.7 Å². The molecule has 1 aromatic rings. The van der Waals surface area contributed by atoms with Crippen LogP contribution in [-0.4, -0.2) is 31.0 Å². The van der Waals surface area contributed by atoms with Gasteiger partial charge in [0.2, 0.25) is 0 Å². The molecule has 0 heterocycles. The lowest BCUT2D eigenvalue weighted by atomic mass is 10.0. The Kier molecular flexibility index (Phi) is 5.24. The average molecular weight is 303 g/mol. The monoisotopic (exact) mass is 302 g/mol. The molecule has 5 heteroatoms. The second-order valence-electron chi connectivity index (χ2n) is 4.33. The van der Waals surface area contributed by atoms with Gasteiger partial charge >= 0.3 is 0 Å². The zero-order valence-corrected chi connectivity index (χ0v) is 11.8. The molecule has 0 aliphatic heterocycles. The molecule has 96 valence electrons. The smallest absolute Gasteiger partial charge is 0.0813 e. The number of anilines is 2. The molecule has 1 aromatic carbocycles. The number of hydrogen-bond donors (Lipinski definition) is 3. The minimum Gasteiger partial charge on any atom is -0.399 e. The van der Waals surface area contributed by atoms with Crippen molar-refractivity contribution in [1.29, 1.82) is 0 Å². The Morgan fingerprint density at radius 2 is 2.24 bits per heavy atom. The van der Waals surface area contributed by atoms with Gasteiger partial charge in [0.25, 0.3) is 0 Å². The van der Waals surface area contributed by atoms with Gasteiger partial charge in [0.05, 0.1) is 5.60 Å². The molecular formula is C12H19BrN2O2. The van der Waals surface area contributed by atoms with E-state index in [2.05, 4.69) is 21.2 Å². The van der Waals surface area contributed by atoms with Gasteiger partial charge in [-0.1, -0.05) is 0 Å². The number of ether oxygens (including phenoxy) is 1. The third kappa shape index (κ3) is 4.93. The lowest BCUT2D eigenvalue weighted by molar-refractivity contribution is 0.0357. The largest absolute Gasteiger partial charge is 0.399 e. The van der Waals surface area contributed by atoms with E-state index < -0.39 is 5.60 Å². The molecule has 0 aliphatic carbocycles. The minimum absolute atomic E-state index is 0.457. The Hall–Kier alpha value is -0.780. The van der Waals surface area contributed by atoms with E-state index in [1.807, 2.05) is 18.2 Å². The second-order valence-corrected chi connectivity index (χ2v) is 5.19. The molecule has 0 amide bonds. The number of nitrogens with one attached hydrogen (secondary N) is 1. The molecular weight excluding hydrogens is 284 g/mol. The van der Waals surface area contributed by atoms with Crippen molar-refractivity contribution in [3.8, 4) is 0 Å². The summed E-state index contributed by atoms with van der Waals surface area (Å²) in [5.41, 5.74) is 6.47. The van der Waals surface area contributed by atoms with Gasteiger partial charge in [-0.25, -0.2) is 0 Å². The number of methoxy groups -OCH3 is 1. The molecule has 1 rings (SSSR count). The Bertz CT molecular complexity index is 370. The van der Waals surface area contributed by atoms with Crippen LogP contribution >= 0.6 is 15.9 Å². The van der Waals surface area contributed by atoms with E-state index >= 15 is 0 Å². The summed E-state index contributed by atoms with van der Waals surface area (Å²) in [7, 11) is 1.63. The van der Waals surface area contributed by atoms with E-state index in [0.29, 0.717) is 25.3 Å². The molecule has 4 nitrogen and oxygen atoms in total. The molecule has 4 N–H and O–H groups in total. The molecule has 0 radical (unpaired) electrons. The van der Waals surface area contributed by atoms with Crippen molar-refractivity contribution in [2.75, 3.05) is 31.3 Å². The van der Waals surface area contributed by atoms with Gasteiger partial charge in [-0.05, 0) is 41.1 Å². The van der Waals surface area contributed by atoms with Crippen LogP contribution < -0.4 is 11.1 Å². The van der Waals surface area contributed by atoms with Crippen LogP contribution in [0.15, 0.2) is 22.7 Å². The molecule has 0 aromatic heterocycles. The summed E-state index contributed by atoms with van der Waals surface area (Å²) in [6.07, 6.45) is 0.586. The standard InChI is InChI=1S/C12H19BrN2O2/c1-12(16,5-6-17-2)8-15-11-4-3-9(14)7-10(11)13/h3-4,7,15-16H,5-6,8,14H2,1-2H3. The summed E-state index contributed by atoms with van der Waals surface area (Å²) in [6, 6.07) is 5.52. The summed E-state index contributed by atoms with van der Waals surface area (Å²) >= 11 is 3.42. The van der Waals surface area contributed by atoms with Gasteiger partial charge < -0.3 is 20.9 Å². The second kappa shape index (κ2) is 6.23. The van der Waals surface area contributed by atoms with Crippen LogP contribution in [0, 0.1) is 0 Å². The van der Waals surface area contributed by atoms with Crippen LogP contribution in [0.3, 0.4) is 0 Å². The number of benzene rings is 1. The van der Waals surface area contributed by atoms with Crippen molar-refractivity contribution in [2.24, 2.45) is 0 Å². The van der Waals surface area contributed by atoms with Gasteiger partial charge in [0, 0.05) is 42.5 Å². The zero-order valence-electron chi connectivity index (χ0n) is 10.2. The normalized spacial score (nSPS) is 14.4. The van der Waals surface area contributed by atoms with E-state index in [4.69, 9.17) is 10.5 Å². The Morgan fingerprint density at radius 1 is 1.53 bits per heavy atom. The summed E-state index contributed by atoms with van der Waals surface area (Å²) in [5, 5.41) is 13.3. The van der Waals surface area contributed by atoms with Crippen LogP contribution in [0.5, 0.6) is 0 Å². The zero-order chi connectivity index (χ0) is 12.9. The Labute approximate surface area is 110 Å². The number of nitrogens with two attached hydrogens (primary N) is 1. The van der Waals surface area contributed by atoms with Crippen LogP contribution in [-0.2, 0) is 4.74 Å². The maximum Gasteiger partial charge on any atom is 0.0813 e. The highest BCUT2D eigenvalue weighted by Gasteiger charge is 2.19. The van der Waals surface area contributed by atoms with Crippen LogP contribution in [0.25, 0.3) is 0 Å². The fourth-order valence-corrected chi connectivity index (χ4v) is 1.91. The quantitative estimate of drug-likeness (QED) is 0.705. The van der Waals surface area contributed by atoms with Gasteiger partial charge in [-0.15, -0.1) is 0 Å². The molecule has 0 aliphatic rings. The molecule has 0 spiro atoms. The van der Waals surface area contributed by atoms with E-state index in [-0.39, 0.29) is 0 Å². The SMILES string of the molecule is COCCC(C)(O)CNc1ccc(N)cc1Br. The van der Waals surface area contributed by atoms with Gasteiger partial charge in [0.1, 0.15) is 0 Å². The number of nitrogen functional groups attached to an aromatic ring is 1. The number of rotatable bonds is 6. The van der Waals surface area contributed by atoms with E-state index in [0.717, 1.165) is 10.2 Å². The molecule has 0 bridgehead atoms. The van der Waals surface area contributed by atoms with Crippen LogP contribution in [0.1, 0.15) is 13.3 Å². The maximum absolute atomic E-state index is 10.1. The molecule has 1 unspecified atom stereocenters. The van der Waals surface area contributed by atoms with Crippen molar-refractivity contribution in [1.82, 2.24) is 0 Å². The number of aliphatic hydroxyl groups is 1. The highest BCUT2D eigenvalue weighted by molar-refractivity contribution is 9.10. The highest BCUT2D eigenvalue weighted by atomic mass is 79.9. The first kappa shape index (κ1) is 14.3. The topological polar surface area (TPSA) is 67.5 Å². The number of hydrogen-bond acceptors (Lipinski definition) is 4. The average Bonchev–Trinajstić information content (AvgIpc) is 2.25. The molecule has 0 fully saturated rings. The highest BCUT2D eigenvalue weighted by Crippen LogP contribution is 2.25. The molecule has 1 atom stereocenters. The fraction of sp³-hybridized carbons (Fsp3) is 0.500. The van der Waals surface area contributed by atoms with Gasteiger partial charge in [-0.2, -0.15) is 0 Å². The number of halogens is 1. The van der Waals surface area contributed by atoms with Crippen LogP contribution in [0.4, 0.5) is 11.4 Å². The van der Waals surface area contributed by atoms with Crippen LogP contribution in [0.2, 0.25) is 0 Å². The third-order valence-electron chi connectivity index (χ3n) is 2.50. The summed E-state index contributed by atoms with van der Waals surface area (Å²) in [5.74, 6) is 0. The minimum atomic E-state index is -0.795. The predicted octanol–water partition coefficient (Wildman–Crippen LogP) is 2.23. The molecule has 0 saturated heterocycles. The van der Waals surface area contributed by atoms with Crippen molar-refractivity contribution in [3.63, 3.8) is 0 Å². The first-order chi connectivity index (χ1) is 7.94. The molecule has 17 heavy (non-hydrogen) atoms. The lowest BCUT2D eigenvalue weighted by Gasteiger charge is -2.24. The molecule has 0 saturated carbocycles. The summed E-state index contributed by atoms with van der Waals surface area (Å²) < 4.78 is 5.84. The van der Waals surface area contributed by atoms with Gasteiger partial charge in [0.15, 0.2) is 0 Å². The predicted molar refractivity (Wildman–Crippen MR) is 74.2 cm³/mol. The van der Waals surface area contributed by atoms with Crippen molar-refractivity contribution in [2.45, 2.75) is 18.9 Å². The Balaban J connectivity index is 2.54. The summed E-state index contributed by atoms with van der Waals surface area (Å²) in [6.45, 7) is 2.78. The Morgan fingerprint density at radius 3 is 2.82 bits per heavy atom. The van der Waals surface area contributed by atoms with E-state index in [1.54, 1.807) is 14.0 Å². The van der Waals surface area contributed by atoms with Gasteiger partial charge in [-0.3, -0.25) is 0 Å². The third-order valence-corrected chi connectivity index (χ3v) is 3.15. The fourth-order valence-electron chi connectivity index (χ4n) is 1.37. The van der Waals surface area contributed by atoms with Crippen molar-refractivity contribution >= 4 is 27.3 Å². The van der Waals surface area contributed by atoms with E-state index in [1.165, 1.54) is 0 Å². The lowest BCUT2D eigenvalue weighted by Crippen LogP contribution is -2.34. The maximum atomic E-state index is 10.1. The first-order valence-electron chi connectivity index (χ1n) is 5.45.